The maximum Gasteiger partial charge on any atom is 0.161 e. The number of fused-ring (bicyclic) bond motifs is 2. The van der Waals surface area contributed by atoms with E-state index in [-0.39, 0.29) is 23.2 Å². The van der Waals surface area contributed by atoms with Crippen LogP contribution in [0, 0.1) is 0 Å². The molecule has 1 saturated heterocycles. The molecule has 0 radical (unpaired) electrons. The molecule has 1 aliphatic heterocycles. The molecule has 10 heterocycles. The number of thiocarbonyl (C=S) groups is 2. The third kappa shape index (κ3) is 13.4. The summed E-state index contributed by atoms with van der Waals surface area (Å²) in [5.74, 6) is 0. The number of rotatable bonds is 9. The molecule has 0 aliphatic carbocycles. The van der Waals surface area contributed by atoms with Crippen LogP contribution >= 0.6 is 174 Å². The van der Waals surface area contributed by atoms with Crippen molar-refractivity contribution in [3.63, 3.8) is 0 Å². The highest BCUT2D eigenvalue weighted by atomic mass is 79.9. The molecular formula is C37H29Br3N6O4S11. The van der Waals surface area contributed by atoms with E-state index in [2.05, 4.69) is 112 Å². The van der Waals surface area contributed by atoms with Crippen LogP contribution in [0.4, 0.5) is 0 Å². The Bertz CT molecular complexity index is 2620. The number of carbonyl (C=O) groups excluding carboxylic acids is 1. The van der Waals surface area contributed by atoms with Crippen molar-refractivity contribution >= 4 is 210 Å². The lowest BCUT2D eigenvalue weighted by molar-refractivity contribution is 0.112. The van der Waals surface area contributed by atoms with E-state index in [0.29, 0.717) is 12.8 Å². The third-order valence-electron chi connectivity index (χ3n) is 7.42. The molecule has 0 unspecified atom stereocenters. The average molecular weight is 1210 g/mol. The van der Waals surface area contributed by atoms with Crippen molar-refractivity contribution in [3.05, 3.63) is 86.7 Å². The molecule has 1 fully saturated rings. The van der Waals surface area contributed by atoms with Crippen LogP contribution in [0.2, 0.25) is 0 Å². The topological polar surface area (TPSA) is 174 Å². The number of aliphatic hydroxyl groups is 2. The molecule has 318 valence electrons. The van der Waals surface area contributed by atoms with E-state index >= 15 is 0 Å². The summed E-state index contributed by atoms with van der Waals surface area (Å²) in [6, 6.07) is 10.1. The Morgan fingerprint density at radius 3 is 1.18 bits per heavy atom. The van der Waals surface area contributed by atoms with Crippen LogP contribution in [-0.2, 0) is 17.6 Å². The largest absolute Gasteiger partial charge is 0.396 e. The number of thiophene rings is 5. The van der Waals surface area contributed by atoms with Gasteiger partial charge in [0, 0.05) is 26.6 Å². The standard InChI is InChI=1S/C16H14N2O2S4.C12H4Br2N2S4.C5H3BrOS.C2H4N2S2.C2H4O/c19-5-1-9-3-7-21-11(9)13-17-15-16(23-13)18-14(24-15)12-10(2-6-20)4-8-22-12;13-5-1-3-17-7(5)9-15-11-12(19-9)16-10(20-11)8-6(14)2-4-18-8;6-4-1-2-8-5(4)3-7;3-1(5)2(4)6;1-2-3-1/h3-4,7-8,19-20H,1-2,5-6H2;1-4H;1-3H;(H2,3,5)(H2,4,6);1-2H2. The fraction of sp³-hybridized carbons (Fsp3) is 0.162. The second-order valence-electron chi connectivity index (χ2n) is 11.6. The first-order chi connectivity index (χ1) is 29.5. The highest BCUT2D eigenvalue weighted by Gasteiger charge is 2.19. The van der Waals surface area contributed by atoms with Crippen molar-refractivity contribution < 1.29 is 19.7 Å². The maximum atomic E-state index is 10.1. The minimum Gasteiger partial charge on any atom is -0.396 e. The van der Waals surface area contributed by atoms with Gasteiger partial charge in [0.05, 0.1) is 37.6 Å². The van der Waals surface area contributed by atoms with Crippen LogP contribution in [0.1, 0.15) is 20.8 Å². The Hall–Kier alpha value is -1.69. The number of halogens is 3. The number of nitrogens with two attached hydrogens (primary N) is 2. The van der Waals surface area contributed by atoms with Crippen molar-refractivity contribution in [2.75, 3.05) is 26.4 Å². The van der Waals surface area contributed by atoms with Gasteiger partial charge in [-0.2, -0.15) is 0 Å². The van der Waals surface area contributed by atoms with Gasteiger partial charge in [0.25, 0.3) is 0 Å². The quantitative estimate of drug-likeness (QED) is 0.0613. The SMILES string of the molecule is Brc1ccsc1-c1nc2sc(-c3sccc3Br)nc2s1.C1CO1.NC(=S)C(N)=S.O=Cc1sccc1Br.OCCc1ccsc1-c1nc2sc(-c3sccc3CCO)nc2s1. The molecule has 10 nitrogen and oxygen atoms in total. The first kappa shape index (κ1) is 48.8. The van der Waals surface area contributed by atoms with Crippen molar-refractivity contribution in [2.45, 2.75) is 12.8 Å². The molecule has 0 spiro atoms. The number of thiazole rings is 4. The Morgan fingerprint density at radius 2 is 0.918 bits per heavy atom. The van der Waals surface area contributed by atoms with Gasteiger partial charge in [0.15, 0.2) is 25.6 Å². The van der Waals surface area contributed by atoms with E-state index in [1.807, 2.05) is 22.2 Å². The first-order valence-corrected chi connectivity index (χ1v) is 28.1. The molecular weight excluding hydrogens is 1180 g/mol. The zero-order chi connectivity index (χ0) is 43.5. The van der Waals surface area contributed by atoms with Gasteiger partial charge in [-0.25, -0.2) is 19.9 Å². The lowest BCUT2D eigenvalue weighted by Gasteiger charge is -1.98. The van der Waals surface area contributed by atoms with E-state index in [9.17, 15) is 15.0 Å². The van der Waals surface area contributed by atoms with E-state index < -0.39 is 0 Å². The first-order valence-electron chi connectivity index (χ1n) is 17.2. The summed E-state index contributed by atoms with van der Waals surface area (Å²) >= 11 is 33.6. The lowest BCUT2D eigenvalue weighted by Crippen LogP contribution is -2.26. The zero-order valence-corrected chi connectivity index (χ0v) is 44.6. The van der Waals surface area contributed by atoms with E-state index in [1.54, 1.807) is 90.7 Å². The fourth-order valence-electron chi connectivity index (χ4n) is 4.64. The van der Waals surface area contributed by atoms with Crippen LogP contribution in [0.25, 0.3) is 58.9 Å². The number of epoxide rings is 1. The number of carbonyl (C=O) groups is 1. The highest BCUT2D eigenvalue weighted by Crippen LogP contribution is 2.44. The lowest BCUT2D eigenvalue weighted by atomic mass is 10.2. The molecule has 0 saturated carbocycles. The summed E-state index contributed by atoms with van der Waals surface area (Å²) in [6.07, 6.45) is 2.16. The molecule has 10 rings (SSSR count). The third-order valence-corrected chi connectivity index (χ3v) is 20.0. The fourth-order valence-corrected chi connectivity index (χ4v) is 15.7. The summed E-state index contributed by atoms with van der Waals surface area (Å²) in [6.45, 7) is 2.30. The molecule has 6 N–H and O–H groups in total. The predicted octanol–water partition coefficient (Wildman–Crippen LogP) is 12.9. The number of hydrogen-bond acceptors (Lipinski definition) is 19. The van der Waals surface area contributed by atoms with Crippen molar-refractivity contribution in [1.29, 1.82) is 0 Å². The Morgan fingerprint density at radius 1 is 0.590 bits per heavy atom. The average Bonchev–Trinajstić information content (AvgIpc) is 4.01. The van der Waals surface area contributed by atoms with Crippen molar-refractivity contribution in [2.24, 2.45) is 11.5 Å². The summed E-state index contributed by atoms with van der Waals surface area (Å²) in [4.78, 5) is 38.6. The normalized spacial score (nSPS) is 11.4. The monoisotopic (exact) mass is 1210 g/mol. The van der Waals surface area contributed by atoms with Crippen LogP contribution < -0.4 is 11.5 Å². The van der Waals surface area contributed by atoms with Gasteiger partial charge in [-0.1, -0.05) is 69.8 Å². The van der Waals surface area contributed by atoms with Crippen LogP contribution in [0.3, 0.4) is 0 Å². The second kappa shape index (κ2) is 24.0. The zero-order valence-electron chi connectivity index (χ0n) is 30.9. The number of ether oxygens (including phenoxy) is 1. The number of hydrogen-bond donors (Lipinski definition) is 4. The molecule has 1 aliphatic rings. The smallest absolute Gasteiger partial charge is 0.161 e. The van der Waals surface area contributed by atoms with Crippen LogP contribution in [0.5, 0.6) is 0 Å². The van der Waals surface area contributed by atoms with Gasteiger partial charge in [-0.3, -0.25) is 4.79 Å². The van der Waals surface area contributed by atoms with Gasteiger partial charge in [0.1, 0.15) is 30.0 Å². The van der Waals surface area contributed by atoms with Crippen LogP contribution in [0.15, 0.2) is 70.7 Å². The number of aromatic nitrogens is 4. The highest BCUT2D eigenvalue weighted by molar-refractivity contribution is 9.11. The molecule has 9 aromatic rings. The minimum absolute atomic E-state index is 0.102. The molecule has 0 bridgehead atoms. The number of aldehydes is 1. The maximum absolute atomic E-state index is 10.1. The Balaban J connectivity index is 0.000000149. The van der Waals surface area contributed by atoms with Crippen molar-refractivity contribution in [3.8, 4) is 39.5 Å². The molecule has 0 amide bonds. The minimum atomic E-state index is 0.102. The molecule has 0 aromatic carbocycles. The summed E-state index contributed by atoms with van der Waals surface area (Å²) in [7, 11) is 0. The summed E-state index contributed by atoms with van der Waals surface area (Å²) in [5, 5.41) is 32.5. The Kier molecular flexibility index (Phi) is 19.2. The van der Waals surface area contributed by atoms with E-state index in [0.717, 1.165) is 98.0 Å². The summed E-state index contributed by atoms with van der Waals surface area (Å²) in [5.41, 5.74) is 12.1. The number of nitrogens with zero attached hydrogens (tertiary/aromatic N) is 4. The number of aliphatic hydroxyl groups excluding tert-OH is 2. The second-order valence-corrected chi connectivity index (χ2v) is 23.5. The molecule has 24 heteroatoms. The van der Waals surface area contributed by atoms with E-state index in [4.69, 9.17) is 31.4 Å². The van der Waals surface area contributed by atoms with Gasteiger partial charge >= 0.3 is 0 Å². The van der Waals surface area contributed by atoms with Crippen molar-refractivity contribution in [1.82, 2.24) is 19.9 Å². The van der Waals surface area contributed by atoms with Gasteiger partial charge in [-0.05, 0) is 129 Å². The van der Waals surface area contributed by atoms with Gasteiger partial charge < -0.3 is 26.4 Å². The van der Waals surface area contributed by atoms with Gasteiger partial charge in [0.2, 0.25) is 0 Å². The Labute approximate surface area is 421 Å². The van der Waals surface area contributed by atoms with Crippen LogP contribution in [-0.4, -0.2) is 72.8 Å². The predicted molar refractivity (Wildman–Crippen MR) is 283 cm³/mol. The van der Waals surface area contributed by atoms with E-state index in [1.165, 1.54) is 21.1 Å². The summed E-state index contributed by atoms with van der Waals surface area (Å²) < 4.78 is 7.59. The molecule has 9 aromatic heterocycles. The molecule has 0 atom stereocenters. The van der Waals surface area contributed by atoms with Gasteiger partial charge in [-0.15, -0.1) is 56.7 Å². The molecule has 61 heavy (non-hydrogen) atoms.